The van der Waals surface area contributed by atoms with Gasteiger partial charge in [0.15, 0.2) is 6.10 Å². The van der Waals surface area contributed by atoms with Crippen LogP contribution in [0.5, 0.6) is 5.75 Å². The number of anilines is 2. The molecule has 9 heteroatoms. The maximum atomic E-state index is 13.3. The fourth-order valence-electron chi connectivity index (χ4n) is 4.51. The molecule has 32 heavy (non-hydrogen) atoms. The second-order valence-corrected chi connectivity index (χ2v) is 8.58. The van der Waals surface area contributed by atoms with Gasteiger partial charge in [-0.15, -0.1) is 0 Å². The van der Waals surface area contributed by atoms with Crippen molar-refractivity contribution >= 4 is 17.3 Å². The van der Waals surface area contributed by atoms with Gasteiger partial charge < -0.3 is 19.1 Å². The molecule has 1 aromatic carbocycles. The van der Waals surface area contributed by atoms with Gasteiger partial charge in [0.1, 0.15) is 11.4 Å². The summed E-state index contributed by atoms with van der Waals surface area (Å²) < 4.78 is 44.6. The van der Waals surface area contributed by atoms with E-state index in [-0.39, 0.29) is 17.2 Å². The number of hydrogen-bond acceptors (Lipinski definition) is 4. The molecule has 3 heterocycles. The number of rotatable bonds is 4. The molecule has 0 aliphatic carbocycles. The zero-order chi connectivity index (χ0) is 23.1. The van der Waals surface area contributed by atoms with Crippen molar-refractivity contribution in [1.82, 2.24) is 4.57 Å². The lowest BCUT2D eigenvalue weighted by Gasteiger charge is -2.38. The number of piperidine rings is 1. The summed E-state index contributed by atoms with van der Waals surface area (Å²) in [6, 6.07) is 9.82. The highest BCUT2D eigenvalue weighted by molar-refractivity contribution is 6.00. The number of aromatic nitrogens is 1. The zero-order valence-electron chi connectivity index (χ0n) is 18.1. The standard InChI is InChI=1S/C23H26F3N3O3/c1-16(23(24,25)26)32-18-7-5-17(6-8-18)29-15-11-22(21(29)31)9-13-28(14-10-22)19-4-3-12-27(2)20(19)30/h3-8,12,16H,9-11,13-15H2,1-2H3. The molecule has 1 amide bonds. The molecule has 2 saturated heterocycles. The quantitative estimate of drug-likeness (QED) is 0.714. The van der Waals surface area contributed by atoms with Crippen LogP contribution < -0.4 is 20.1 Å². The van der Waals surface area contributed by atoms with Crippen molar-refractivity contribution in [3.63, 3.8) is 0 Å². The van der Waals surface area contributed by atoms with E-state index in [1.807, 2.05) is 17.0 Å². The maximum Gasteiger partial charge on any atom is 0.425 e. The summed E-state index contributed by atoms with van der Waals surface area (Å²) in [6.45, 7) is 2.77. The SMILES string of the molecule is CC(Oc1ccc(N2CCC3(CCN(c4cccn(C)c4=O)CC3)C2=O)cc1)C(F)(F)F. The average Bonchev–Trinajstić information content (AvgIpc) is 3.07. The molecular weight excluding hydrogens is 423 g/mol. The molecule has 2 aromatic rings. The van der Waals surface area contributed by atoms with Gasteiger partial charge in [-0.1, -0.05) is 0 Å². The Morgan fingerprint density at radius 1 is 1.00 bits per heavy atom. The minimum Gasteiger partial charge on any atom is -0.481 e. The van der Waals surface area contributed by atoms with Gasteiger partial charge >= 0.3 is 6.18 Å². The first-order valence-corrected chi connectivity index (χ1v) is 10.7. The Kier molecular flexibility index (Phi) is 5.68. The first-order chi connectivity index (χ1) is 15.1. The molecule has 0 N–H and O–H groups in total. The van der Waals surface area contributed by atoms with E-state index in [2.05, 4.69) is 0 Å². The van der Waals surface area contributed by atoms with E-state index >= 15 is 0 Å². The minimum absolute atomic E-state index is 0.0374. The van der Waals surface area contributed by atoms with Crippen LogP contribution in [0.25, 0.3) is 0 Å². The predicted octanol–water partition coefficient (Wildman–Crippen LogP) is 3.74. The van der Waals surface area contributed by atoms with E-state index in [4.69, 9.17) is 4.74 Å². The normalized spacial score (nSPS) is 19.5. The molecule has 172 valence electrons. The molecule has 2 aliphatic rings. The summed E-state index contributed by atoms with van der Waals surface area (Å²) in [5, 5.41) is 0. The van der Waals surface area contributed by atoms with E-state index in [9.17, 15) is 22.8 Å². The van der Waals surface area contributed by atoms with Gasteiger partial charge in [-0.3, -0.25) is 9.59 Å². The second kappa shape index (κ2) is 8.18. The first-order valence-electron chi connectivity index (χ1n) is 10.7. The number of benzene rings is 1. The lowest BCUT2D eigenvalue weighted by molar-refractivity contribution is -0.189. The highest BCUT2D eigenvalue weighted by atomic mass is 19.4. The lowest BCUT2D eigenvalue weighted by atomic mass is 9.77. The molecule has 0 radical (unpaired) electrons. The van der Waals surface area contributed by atoms with Gasteiger partial charge in [-0.05, 0) is 62.6 Å². The van der Waals surface area contributed by atoms with Gasteiger partial charge in [0.2, 0.25) is 5.91 Å². The Bertz CT molecular complexity index is 1040. The Morgan fingerprint density at radius 3 is 2.25 bits per heavy atom. The van der Waals surface area contributed by atoms with Gasteiger partial charge in [-0.25, -0.2) is 0 Å². The van der Waals surface area contributed by atoms with Crippen LogP contribution in [0.2, 0.25) is 0 Å². The van der Waals surface area contributed by atoms with Gasteiger partial charge in [0.05, 0.1) is 5.41 Å². The first kappa shape index (κ1) is 22.2. The molecule has 1 atom stereocenters. The summed E-state index contributed by atoms with van der Waals surface area (Å²) in [7, 11) is 1.72. The van der Waals surface area contributed by atoms with Gasteiger partial charge in [0.25, 0.3) is 5.56 Å². The van der Waals surface area contributed by atoms with Crippen LogP contribution in [-0.4, -0.2) is 42.4 Å². The Hall–Kier alpha value is -2.97. The third-order valence-corrected chi connectivity index (χ3v) is 6.60. The minimum atomic E-state index is -4.44. The number of carbonyl (C=O) groups excluding carboxylic acids is 1. The number of carbonyl (C=O) groups is 1. The molecule has 0 saturated carbocycles. The van der Waals surface area contributed by atoms with Crippen molar-refractivity contribution in [2.75, 3.05) is 29.4 Å². The molecule has 0 bridgehead atoms. The van der Waals surface area contributed by atoms with Crippen molar-refractivity contribution in [2.45, 2.75) is 38.5 Å². The van der Waals surface area contributed by atoms with E-state index in [0.717, 1.165) is 13.3 Å². The zero-order valence-corrected chi connectivity index (χ0v) is 18.1. The largest absolute Gasteiger partial charge is 0.481 e. The Balaban J connectivity index is 1.42. The summed E-state index contributed by atoms with van der Waals surface area (Å²) in [4.78, 5) is 29.4. The van der Waals surface area contributed by atoms with Crippen LogP contribution in [-0.2, 0) is 11.8 Å². The summed E-state index contributed by atoms with van der Waals surface area (Å²) in [6.07, 6.45) is -2.59. The van der Waals surface area contributed by atoms with Gasteiger partial charge in [0, 0.05) is 38.6 Å². The van der Waals surface area contributed by atoms with E-state index < -0.39 is 17.7 Å². The average molecular weight is 449 g/mol. The van der Waals surface area contributed by atoms with Crippen LogP contribution >= 0.6 is 0 Å². The van der Waals surface area contributed by atoms with E-state index in [0.29, 0.717) is 43.9 Å². The van der Waals surface area contributed by atoms with Crippen molar-refractivity contribution in [3.8, 4) is 5.75 Å². The molecule has 1 spiro atoms. The highest BCUT2D eigenvalue weighted by Gasteiger charge is 2.48. The van der Waals surface area contributed by atoms with Crippen molar-refractivity contribution in [3.05, 3.63) is 52.9 Å². The number of alkyl halides is 3. The predicted molar refractivity (Wildman–Crippen MR) is 115 cm³/mol. The summed E-state index contributed by atoms with van der Waals surface area (Å²) in [5.74, 6) is 0.146. The molecule has 6 nitrogen and oxygen atoms in total. The lowest BCUT2D eigenvalue weighted by Crippen LogP contribution is -2.46. The number of nitrogens with zero attached hydrogens (tertiary/aromatic N) is 3. The molecule has 2 fully saturated rings. The van der Waals surface area contributed by atoms with Crippen molar-refractivity contribution in [2.24, 2.45) is 12.5 Å². The van der Waals surface area contributed by atoms with E-state index in [1.165, 1.54) is 12.1 Å². The third kappa shape index (κ3) is 4.08. The van der Waals surface area contributed by atoms with Crippen LogP contribution in [0, 0.1) is 5.41 Å². The number of halogens is 3. The Morgan fingerprint density at radius 2 is 1.62 bits per heavy atom. The fraction of sp³-hybridized carbons (Fsp3) is 0.478. The number of aryl methyl sites for hydroxylation is 1. The van der Waals surface area contributed by atoms with Crippen molar-refractivity contribution < 1.29 is 22.7 Å². The third-order valence-electron chi connectivity index (χ3n) is 6.60. The number of hydrogen-bond donors (Lipinski definition) is 0. The van der Waals surface area contributed by atoms with Crippen LogP contribution in [0.1, 0.15) is 26.2 Å². The highest BCUT2D eigenvalue weighted by Crippen LogP contribution is 2.43. The molecule has 1 aromatic heterocycles. The molecule has 4 rings (SSSR count). The summed E-state index contributed by atoms with van der Waals surface area (Å²) >= 11 is 0. The smallest absolute Gasteiger partial charge is 0.425 e. The molecule has 1 unspecified atom stereocenters. The monoisotopic (exact) mass is 449 g/mol. The summed E-state index contributed by atoms with van der Waals surface area (Å²) in [5.41, 5.74) is 0.787. The van der Waals surface area contributed by atoms with Gasteiger partial charge in [-0.2, -0.15) is 13.2 Å². The van der Waals surface area contributed by atoms with Crippen LogP contribution in [0.4, 0.5) is 24.5 Å². The number of pyridine rings is 1. The van der Waals surface area contributed by atoms with Crippen molar-refractivity contribution in [1.29, 1.82) is 0 Å². The Labute approximate surface area is 184 Å². The van der Waals surface area contributed by atoms with Crippen LogP contribution in [0.3, 0.4) is 0 Å². The number of amides is 1. The number of ether oxygens (including phenoxy) is 1. The van der Waals surface area contributed by atoms with Crippen LogP contribution in [0.15, 0.2) is 47.4 Å². The van der Waals surface area contributed by atoms with E-state index in [1.54, 1.807) is 34.8 Å². The topological polar surface area (TPSA) is 54.8 Å². The maximum absolute atomic E-state index is 13.3. The molecule has 2 aliphatic heterocycles. The fourth-order valence-corrected chi connectivity index (χ4v) is 4.51. The second-order valence-electron chi connectivity index (χ2n) is 8.58. The molecular formula is C23H26F3N3O3.